The zero-order valence-electron chi connectivity index (χ0n) is 29.6. The molecule has 0 aliphatic heterocycles. The van der Waals surface area contributed by atoms with E-state index in [1.807, 2.05) is 0 Å². The molecule has 11 rings (SSSR count). The van der Waals surface area contributed by atoms with Crippen molar-refractivity contribution in [3.63, 3.8) is 0 Å². The van der Waals surface area contributed by atoms with E-state index in [0.717, 1.165) is 0 Å². The van der Waals surface area contributed by atoms with Crippen LogP contribution in [0, 0.1) is 0 Å². The molecule has 0 unspecified atom stereocenters. The Morgan fingerprint density at radius 1 is 0.204 bits per heavy atom. The summed E-state index contributed by atoms with van der Waals surface area (Å²) in [5.74, 6) is 0. The third-order valence-electron chi connectivity index (χ3n) is 11.4. The lowest BCUT2D eigenvalue weighted by atomic mass is 9.82. The van der Waals surface area contributed by atoms with Crippen molar-refractivity contribution in [1.29, 1.82) is 0 Å². The summed E-state index contributed by atoms with van der Waals surface area (Å²) in [6.45, 7) is 0. The molecule has 0 heterocycles. The van der Waals surface area contributed by atoms with Crippen molar-refractivity contribution < 1.29 is 0 Å². The lowest BCUT2D eigenvalue weighted by Crippen LogP contribution is -1.94. The average Bonchev–Trinajstić information content (AvgIpc) is 3.25. The number of fused-ring (bicyclic) bond motifs is 2. The van der Waals surface area contributed by atoms with Gasteiger partial charge in [0, 0.05) is 0 Å². The van der Waals surface area contributed by atoms with Crippen LogP contribution in [0.5, 0.6) is 0 Å². The molecule has 0 aliphatic carbocycles. The molecule has 0 bridgehead atoms. The molecule has 0 amide bonds. The number of hydrogen-bond acceptors (Lipinski definition) is 0. The van der Waals surface area contributed by atoms with Gasteiger partial charge in [-0.05, 0) is 128 Å². The molecule has 0 nitrogen and oxygen atoms in total. The number of rotatable bonds is 5. The lowest BCUT2D eigenvalue weighted by molar-refractivity contribution is 1.58. The smallest absolute Gasteiger partial charge is 0.00201 e. The van der Waals surface area contributed by atoms with Gasteiger partial charge in [-0.3, -0.25) is 0 Å². The van der Waals surface area contributed by atoms with Crippen LogP contribution < -0.4 is 0 Å². The van der Waals surface area contributed by atoms with Crippen LogP contribution in [0.25, 0.3) is 109 Å². The molecular formula is C54H34. The third kappa shape index (κ3) is 4.78. The van der Waals surface area contributed by atoms with Gasteiger partial charge in [0.25, 0.3) is 0 Å². The SMILES string of the molecule is c1ccc(-c2cc(-c3ccccc3)cc(-c3c4ccccc4c(-c4ccc5ccc6c(-c7ccccc7)ccc7ccc4c5c76)c4ccccc34)c2)cc1. The summed E-state index contributed by atoms with van der Waals surface area (Å²) in [5, 5.41) is 12.8. The number of benzene rings is 11. The van der Waals surface area contributed by atoms with Crippen LogP contribution in [-0.4, -0.2) is 0 Å². The van der Waals surface area contributed by atoms with E-state index in [0.29, 0.717) is 0 Å². The van der Waals surface area contributed by atoms with Gasteiger partial charge < -0.3 is 0 Å². The van der Waals surface area contributed by atoms with E-state index in [9.17, 15) is 0 Å². The predicted octanol–water partition coefficient (Wildman–Crippen LogP) is 15.2. The Labute approximate surface area is 314 Å². The Kier molecular flexibility index (Phi) is 6.97. The maximum atomic E-state index is 2.39. The van der Waals surface area contributed by atoms with Gasteiger partial charge in [-0.1, -0.05) is 188 Å². The quantitative estimate of drug-likeness (QED) is 0.125. The van der Waals surface area contributed by atoms with Gasteiger partial charge in [-0.15, -0.1) is 0 Å². The summed E-state index contributed by atoms with van der Waals surface area (Å²) < 4.78 is 0. The highest BCUT2D eigenvalue weighted by Crippen LogP contribution is 2.48. The van der Waals surface area contributed by atoms with Gasteiger partial charge in [0.15, 0.2) is 0 Å². The van der Waals surface area contributed by atoms with Crippen LogP contribution in [0.15, 0.2) is 206 Å². The molecule has 250 valence electrons. The fourth-order valence-electron chi connectivity index (χ4n) is 8.98. The first-order valence-corrected chi connectivity index (χ1v) is 18.8. The summed E-state index contributed by atoms with van der Waals surface area (Å²) >= 11 is 0. The highest BCUT2D eigenvalue weighted by Gasteiger charge is 2.21. The monoisotopic (exact) mass is 682 g/mol. The third-order valence-corrected chi connectivity index (χ3v) is 11.4. The van der Waals surface area contributed by atoms with Crippen LogP contribution in [0.4, 0.5) is 0 Å². The Morgan fingerprint density at radius 2 is 0.574 bits per heavy atom. The van der Waals surface area contributed by atoms with E-state index < -0.39 is 0 Å². The average molecular weight is 683 g/mol. The minimum atomic E-state index is 1.21. The molecule has 0 N–H and O–H groups in total. The second kappa shape index (κ2) is 12.3. The number of hydrogen-bond donors (Lipinski definition) is 0. The molecule has 11 aromatic rings. The first kappa shape index (κ1) is 30.6. The molecule has 0 aliphatic rings. The maximum Gasteiger partial charge on any atom is -0.00201 e. The highest BCUT2D eigenvalue weighted by atomic mass is 14.2. The van der Waals surface area contributed by atoms with Gasteiger partial charge in [-0.2, -0.15) is 0 Å². The van der Waals surface area contributed by atoms with Crippen LogP contribution >= 0.6 is 0 Å². The van der Waals surface area contributed by atoms with Crippen LogP contribution in [0.2, 0.25) is 0 Å². The van der Waals surface area contributed by atoms with Gasteiger partial charge in [0.1, 0.15) is 0 Å². The van der Waals surface area contributed by atoms with Crippen molar-refractivity contribution in [2.24, 2.45) is 0 Å². The fourth-order valence-corrected chi connectivity index (χ4v) is 8.98. The van der Waals surface area contributed by atoms with Crippen molar-refractivity contribution in [1.82, 2.24) is 0 Å². The van der Waals surface area contributed by atoms with Crippen LogP contribution in [-0.2, 0) is 0 Å². The first-order chi connectivity index (χ1) is 26.8. The summed E-state index contributed by atoms with van der Waals surface area (Å²) in [7, 11) is 0. The summed E-state index contributed by atoms with van der Waals surface area (Å²) in [4.78, 5) is 0. The predicted molar refractivity (Wildman–Crippen MR) is 232 cm³/mol. The minimum Gasteiger partial charge on any atom is -0.0622 e. The van der Waals surface area contributed by atoms with E-state index in [4.69, 9.17) is 0 Å². The first-order valence-electron chi connectivity index (χ1n) is 18.8. The molecule has 11 aromatic carbocycles. The maximum absolute atomic E-state index is 2.39. The van der Waals surface area contributed by atoms with Crippen molar-refractivity contribution in [3.8, 4) is 55.6 Å². The van der Waals surface area contributed by atoms with E-state index >= 15 is 0 Å². The summed E-state index contributed by atoms with van der Waals surface area (Å²) in [5.41, 5.74) is 12.4. The standard InChI is InChI=1S/C54H34/c1-4-14-35(15-5-1)40-32-41(36-16-6-2-7-17-36)34-42(33-40)51-44-20-10-12-22-46(44)54(47-23-13-11-21-45(47)51)50-31-27-39-25-29-48-43(37-18-8-3-9-19-37)28-24-38-26-30-49(50)53(39)52(38)48/h1-34H. The molecule has 0 heteroatoms. The van der Waals surface area contributed by atoms with E-state index in [-0.39, 0.29) is 0 Å². The minimum absolute atomic E-state index is 1.21. The van der Waals surface area contributed by atoms with E-state index in [1.54, 1.807) is 0 Å². The van der Waals surface area contributed by atoms with Crippen molar-refractivity contribution in [2.75, 3.05) is 0 Å². The van der Waals surface area contributed by atoms with Crippen LogP contribution in [0.1, 0.15) is 0 Å². The molecule has 54 heavy (non-hydrogen) atoms. The van der Waals surface area contributed by atoms with Crippen LogP contribution in [0.3, 0.4) is 0 Å². The topological polar surface area (TPSA) is 0 Å². The molecule has 0 spiro atoms. The zero-order chi connectivity index (χ0) is 35.6. The molecule has 0 radical (unpaired) electrons. The fraction of sp³-hybridized carbons (Fsp3) is 0. The Hall–Kier alpha value is -7.02. The summed E-state index contributed by atoms with van der Waals surface area (Å²) in [6.07, 6.45) is 0. The van der Waals surface area contributed by atoms with Gasteiger partial charge in [0.05, 0.1) is 0 Å². The Balaban J connectivity index is 1.22. The Morgan fingerprint density at radius 3 is 1.07 bits per heavy atom. The second-order valence-corrected chi connectivity index (χ2v) is 14.4. The molecule has 0 fully saturated rings. The van der Waals surface area contributed by atoms with Gasteiger partial charge in [0.2, 0.25) is 0 Å². The van der Waals surface area contributed by atoms with Gasteiger partial charge >= 0.3 is 0 Å². The molecule has 0 aromatic heterocycles. The molecular weight excluding hydrogens is 649 g/mol. The Bertz CT molecular complexity index is 3060. The van der Waals surface area contributed by atoms with Crippen molar-refractivity contribution >= 4 is 53.9 Å². The lowest BCUT2D eigenvalue weighted by Gasteiger charge is -2.21. The van der Waals surface area contributed by atoms with E-state index in [1.165, 1.54) is 109 Å². The summed E-state index contributed by atoms with van der Waals surface area (Å²) in [6, 6.07) is 76.1. The normalized spacial score (nSPS) is 11.7. The van der Waals surface area contributed by atoms with E-state index in [2.05, 4.69) is 206 Å². The van der Waals surface area contributed by atoms with Gasteiger partial charge in [-0.25, -0.2) is 0 Å². The molecule has 0 saturated heterocycles. The van der Waals surface area contributed by atoms with Crippen molar-refractivity contribution in [2.45, 2.75) is 0 Å². The zero-order valence-corrected chi connectivity index (χ0v) is 29.6. The second-order valence-electron chi connectivity index (χ2n) is 14.4. The largest absolute Gasteiger partial charge is 0.0622 e. The highest BCUT2D eigenvalue weighted by molar-refractivity contribution is 6.30. The molecule has 0 atom stereocenters. The van der Waals surface area contributed by atoms with Crippen molar-refractivity contribution in [3.05, 3.63) is 206 Å². The molecule has 0 saturated carbocycles.